The molecule has 20 heavy (non-hydrogen) atoms. The number of nitrogen functional groups attached to an aromatic ring is 1. The van der Waals surface area contributed by atoms with Crippen LogP contribution >= 0.6 is 0 Å². The molecule has 0 aromatic heterocycles. The lowest BCUT2D eigenvalue weighted by molar-refractivity contribution is 0.203. The number of nitrogens with zero attached hydrogens (tertiary/aromatic N) is 1. The molecule has 2 nitrogen and oxygen atoms in total. The fourth-order valence-corrected chi connectivity index (χ4v) is 2.35. The van der Waals surface area contributed by atoms with Gasteiger partial charge in [-0.05, 0) is 49.6 Å². The molecule has 2 N–H and O–H groups in total. The van der Waals surface area contributed by atoms with Crippen molar-refractivity contribution in [2.24, 2.45) is 0 Å². The van der Waals surface area contributed by atoms with E-state index in [2.05, 4.69) is 62.1 Å². The molecule has 0 fully saturated rings. The Morgan fingerprint density at radius 2 is 1.75 bits per heavy atom. The number of aryl methyl sites for hydroxylation is 1. The molecule has 0 saturated carbocycles. The lowest BCUT2D eigenvalue weighted by Crippen LogP contribution is -2.30. The number of nitrogens with two attached hydrogens (primary N) is 1. The first-order valence-electron chi connectivity index (χ1n) is 7.19. The van der Waals surface area contributed by atoms with Crippen LogP contribution < -0.4 is 5.73 Å². The zero-order valence-electron chi connectivity index (χ0n) is 12.6. The maximum atomic E-state index is 5.87. The third-order valence-electron chi connectivity index (χ3n) is 3.70. The molecule has 0 bridgehead atoms. The van der Waals surface area contributed by atoms with Gasteiger partial charge in [0.25, 0.3) is 0 Å². The second-order valence-corrected chi connectivity index (χ2v) is 5.67. The second kappa shape index (κ2) is 6.58. The van der Waals surface area contributed by atoms with Crippen LogP contribution in [-0.2, 0) is 13.1 Å². The molecule has 2 rings (SSSR count). The summed E-state index contributed by atoms with van der Waals surface area (Å²) in [4.78, 5) is 2.47. The van der Waals surface area contributed by atoms with Crippen LogP contribution in [0.5, 0.6) is 0 Å². The van der Waals surface area contributed by atoms with Crippen LogP contribution in [-0.4, -0.2) is 10.9 Å². The van der Waals surface area contributed by atoms with E-state index in [1.807, 2.05) is 12.1 Å². The van der Waals surface area contributed by atoms with Crippen LogP contribution in [0.15, 0.2) is 48.5 Å². The lowest BCUT2D eigenvalue weighted by atomic mass is 10.1. The van der Waals surface area contributed by atoms with E-state index < -0.39 is 0 Å². The fourth-order valence-electron chi connectivity index (χ4n) is 2.35. The second-order valence-electron chi connectivity index (χ2n) is 5.67. The van der Waals surface area contributed by atoms with Gasteiger partial charge in [-0.25, -0.2) is 0 Å². The van der Waals surface area contributed by atoms with Crippen molar-refractivity contribution < 1.29 is 0 Å². The molecular formula is C18H24N2. The van der Waals surface area contributed by atoms with Crippen molar-refractivity contribution in [1.29, 1.82) is 0 Å². The van der Waals surface area contributed by atoms with E-state index in [4.69, 9.17) is 5.73 Å². The van der Waals surface area contributed by atoms with Crippen molar-refractivity contribution >= 4 is 5.69 Å². The van der Waals surface area contributed by atoms with Gasteiger partial charge in [-0.1, -0.05) is 36.4 Å². The summed E-state index contributed by atoms with van der Waals surface area (Å²) in [5.41, 5.74) is 10.7. The molecule has 0 atom stereocenters. The highest BCUT2D eigenvalue weighted by molar-refractivity contribution is 5.40. The Morgan fingerprint density at radius 3 is 2.40 bits per heavy atom. The Bertz CT molecular complexity index is 561. The predicted octanol–water partition coefficient (Wildman–Crippen LogP) is 3.99. The summed E-state index contributed by atoms with van der Waals surface area (Å²) >= 11 is 0. The Labute approximate surface area is 122 Å². The SMILES string of the molecule is Cc1ccccc1CN(Cc1cccc(N)c1)C(C)C. The van der Waals surface area contributed by atoms with Crippen LogP contribution in [0.4, 0.5) is 5.69 Å². The van der Waals surface area contributed by atoms with Crippen molar-refractivity contribution in [2.75, 3.05) is 5.73 Å². The normalized spacial score (nSPS) is 11.2. The summed E-state index contributed by atoms with van der Waals surface area (Å²) in [6, 6.07) is 17.3. The van der Waals surface area contributed by atoms with E-state index in [1.54, 1.807) is 0 Å². The molecule has 0 spiro atoms. The standard InChI is InChI=1S/C18H24N2/c1-14(2)20(12-16-8-6-10-18(19)11-16)13-17-9-5-4-7-15(17)3/h4-11,14H,12-13,19H2,1-3H3. The fraction of sp³-hybridized carbons (Fsp3) is 0.333. The Hall–Kier alpha value is -1.80. The summed E-state index contributed by atoms with van der Waals surface area (Å²) in [7, 11) is 0. The Morgan fingerprint density at radius 1 is 1.00 bits per heavy atom. The molecule has 2 heteroatoms. The number of benzene rings is 2. The molecule has 0 aliphatic rings. The number of rotatable bonds is 5. The zero-order valence-corrected chi connectivity index (χ0v) is 12.6. The quantitative estimate of drug-likeness (QED) is 0.831. The average Bonchev–Trinajstić information content (AvgIpc) is 2.40. The van der Waals surface area contributed by atoms with Gasteiger partial charge in [-0.15, -0.1) is 0 Å². The van der Waals surface area contributed by atoms with Gasteiger partial charge in [0.15, 0.2) is 0 Å². The van der Waals surface area contributed by atoms with Gasteiger partial charge in [-0.3, -0.25) is 4.90 Å². The first-order chi connectivity index (χ1) is 9.56. The third kappa shape index (κ3) is 3.84. The van der Waals surface area contributed by atoms with E-state index in [-0.39, 0.29) is 0 Å². The first-order valence-corrected chi connectivity index (χ1v) is 7.19. The predicted molar refractivity (Wildman–Crippen MR) is 86.4 cm³/mol. The molecule has 0 radical (unpaired) electrons. The zero-order chi connectivity index (χ0) is 14.5. The van der Waals surface area contributed by atoms with Crippen molar-refractivity contribution in [3.8, 4) is 0 Å². The van der Waals surface area contributed by atoms with Crippen LogP contribution in [0.25, 0.3) is 0 Å². The van der Waals surface area contributed by atoms with Gasteiger partial charge < -0.3 is 5.73 Å². The van der Waals surface area contributed by atoms with Crippen molar-refractivity contribution in [2.45, 2.75) is 39.9 Å². The highest BCUT2D eigenvalue weighted by Crippen LogP contribution is 2.17. The van der Waals surface area contributed by atoms with Gasteiger partial charge in [0.1, 0.15) is 0 Å². The summed E-state index contributed by atoms with van der Waals surface area (Å²) in [6.45, 7) is 8.56. The van der Waals surface area contributed by atoms with E-state index in [9.17, 15) is 0 Å². The molecule has 0 aliphatic carbocycles. The summed E-state index contributed by atoms with van der Waals surface area (Å²) in [5, 5.41) is 0. The van der Waals surface area contributed by atoms with Crippen LogP contribution in [0, 0.1) is 6.92 Å². The highest BCUT2D eigenvalue weighted by atomic mass is 15.1. The average molecular weight is 268 g/mol. The Kier molecular flexibility index (Phi) is 4.80. The van der Waals surface area contributed by atoms with Gasteiger partial charge in [-0.2, -0.15) is 0 Å². The minimum absolute atomic E-state index is 0.496. The summed E-state index contributed by atoms with van der Waals surface area (Å²) < 4.78 is 0. The van der Waals surface area contributed by atoms with Gasteiger partial charge in [0.05, 0.1) is 0 Å². The van der Waals surface area contributed by atoms with E-state index >= 15 is 0 Å². The van der Waals surface area contributed by atoms with E-state index in [0.29, 0.717) is 6.04 Å². The lowest BCUT2D eigenvalue weighted by Gasteiger charge is -2.27. The van der Waals surface area contributed by atoms with Crippen LogP contribution in [0.1, 0.15) is 30.5 Å². The minimum Gasteiger partial charge on any atom is -0.399 e. The molecular weight excluding hydrogens is 244 g/mol. The minimum atomic E-state index is 0.496. The topological polar surface area (TPSA) is 29.3 Å². The maximum absolute atomic E-state index is 5.87. The number of anilines is 1. The van der Waals surface area contributed by atoms with Gasteiger partial charge in [0, 0.05) is 24.8 Å². The molecule has 2 aromatic rings. The molecule has 0 saturated heterocycles. The van der Waals surface area contributed by atoms with Gasteiger partial charge in [0.2, 0.25) is 0 Å². The molecule has 106 valence electrons. The van der Waals surface area contributed by atoms with E-state index in [0.717, 1.165) is 18.8 Å². The highest BCUT2D eigenvalue weighted by Gasteiger charge is 2.12. The largest absolute Gasteiger partial charge is 0.399 e. The Balaban J connectivity index is 2.14. The van der Waals surface area contributed by atoms with Crippen LogP contribution in [0.3, 0.4) is 0 Å². The van der Waals surface area contributed by atoms with Crippen molar-refractivity contribution in [3.63, 3.8) is 0 Å². The monoisotopic (exact) mass is 268 g/mol. The van der Waals surface area contributed by atoms with Gasteiger partial charge >= 0.3 is 0 Å². The third-order valence-corrected chi connectivity index (χ3v) is 3.70. The smallest absolute Gasteiger partial charge is 0.0317 e. The maximum Gasteiger partial charge on any atom is 0.0317 e. The molecule has 0 amide bonds. The first kappa shape index (κ1) is 14.6. The number of hydrogen-bond donors (Lipinski definition) is 1. The van der Waals surface area contributed by atoms with Crippen molar-refractivity contribution in [3.05, 3.63) is 65.2 Å². The van der Waals surface area contributed by atoms with Crippen LogP contribution in [0.2, 0.25) is 0 Å². The molecule has 0 aliphatic heterocycles. The van der Waals surface area contributed by atoms with E-state index in [1.165, 1.54) is 16.7 Å². The number of hydrogen-bond acceptors (Lipinski definition) is 2. The molecule has 0 heterocycles. The molecule has 2 aromatic carbocycles. The molecule has 0 unspecified atom stereocenters. The van der Waals surface area contributed by atoms with Crippen molar-refractivity contribution in [1.82, 2.24) is 4.90 Å². The summed E-state index contributed by atoms with van der Waals surface area (Å²) in [5.74, 6) is 0. The summed E-state index contributed by atoms with van der Waals surface area (Å²) in [6.07, 6.45) is 0.